The van der Waals surface area contributed by atoms with Crippen molar-refractivity contribution in [3.05, 3.63) is 43.4 Å². The molecule has 0 aliphatic rings. The number of hydrogen-bond donors (Lipinski definition) is 1. The fraction of sp³-hybridized carbons (Fsp3) is 0. The van der Waals surface area contributed by atoms with Gasteiger partial charge in [-0.1, -0.05) is 12.6 Å². The Hall–Kier alpha value is -1.31. The van der Waals surface area contributed by atoms with Gasteiger partial charge in [-0.2, -0.15) is 0 Å². The number of nitrogens with two attached hydrogens (primary N) is 1. The monoisotopic (exact) mass is 122 g/mol. The standard InChI is InChI=1S/C5H5N.C2H5N/c1-2-4-6-5-3-1;1-2-3/h1-5H;2H,1,3H2. The van der Waals surface area contributed by atoms with Gasteiger partial charge >= 0.3 is 0 Å². The summed E-state index contributed by atoms with van der Waals surface area (Å²) in [6.45, 7) is 3.14. The van der Waals surface area contributed by atoms with Crippen LogP contribution in [0.2, 0.25) is 0 Å². The van der Waals surface area contributed by atoms with Crippen molar-refractivity contribution >= 4 is 0 Å². The predicted molar refractivity (Wildman–Crippen MR) is 38.6 cm³/mol. The smallest absolute Gasteiger partial charge is 0.0267 e. The van der Waals surface area contributed by atoms with Gasteiger partial charge in [-0.3, -0.25) is 4.98 Å². The first-order valence-electron chi connectivity index (χ1n) is 2.59. The molecule has 0 unspecified atom stereocenters. The molecule has 0 spiro atoms. The molecule has 1 aromatic rings. The lowest BCUT2D eigenvalue weighted by Gasteiger charge is -1.70. The van der Waals surface area contributed by atoms with Crippen LogP contribution in [0, 0.1) is 0 Å². The van der Waals surface area contributed by atoms with Crippen LogP contribution in [0.1, 0.15) is 0 Å². The van der Waals surface area contributed by atoms with Gasteiger partial charge in [-0.05, 0) is 18.3 Å². The molecule has 48 valence electrons. The zero-order valence-corrected chi connectivity index (χ0v) is 5.20. The summed E-state index contributed by atoms with van der Waals surface area (Å²) in [6.07, 6.45) is 4.75. The summed E-state index contributed by atoms with van der Waals surface area (Å²) in [6, 6.07) is 5.72. The fourth-order valence-corrected chi connectivity index (χ4v) is 0.313. The molecule has 0 aliphatic carbocycles. The van der Waals surface area contributed by atoms with E-state index in [1.807, 2.05) is 18.2 Å². The maximum Gasteiger partial charge on any atom is 0.0267 e. The molecule has 0 radical (unpaired) electrons. The Morgan fingerprint density at radius 3 is 1.78 bits per heavy atom. The van der Waals surface area contributed by atoms with Gasteiger partial charge < -0.3 is 5.73 Å². The predicted octanol–water partition coefficient (Wildman–Crippen LogP) is 1.17. The Bertz CT molecular complexity index is 110. The molecule has 2 N–H and O–H groups in total. The maximum absolute atomic E-state index is 4.61. The van der Waals surface area contributed by atoms with Gasteiger partial charge in [0.2, 0.25) is 0 Å². The Balaban J connectivity index is 0.000000187. The van der Waals surface area contributed by atoms with Crippen molar-refractivity contribution in [2.45, 2.75) is 0 Å². The Morgan fingerprint density at radius 2 is 1.67 bits per heavy atom. The minimum absolute atomic E-state index is 1.25. The van der Waals surface area contributed by atoms with Crippen LogP contribution < -0.4 is 5.73 Å². The van der Waals surface area contributed by atoms with E-state index in [9.17, 15) is 0 Å². The van der Waals surface area contributed by atoms with Crippen LogP contribution in [0.4, 0.5) is 0 Å². The van der Waals surface area contributed by atoms with Crippen molar-refractivity contribution in [1.29, 1.82) is 0 Å². The molecule has 0 atom stereocenters. The summed E-state index contributed by atoms with van der Waals surface area (Å²) in [5.41, 5.74) is 4.61. The van der Waals surface area contributed by atoms with Crippen LogP contribution in [-0.4, -0.2) is 4.98 Å². The summed E-state index contributed by atoms with van der Waals surface area (Å²) in [5, 5.41) is 0. The van der Waals surface area contributed by atoms with Crippen LogP contribution >= 0.6 is 0 Å². The lowest BCUT2D eigenvalue weighted by molar-refractivity contribution is 1.33. The van der Waals surface area contributed by atoms with Crippen LogP contribution in [0.15, 0.2) is 43.4 Å². The summed E-state index contributed by atoms with van der Waals surface area (Å²) in [7, 11) is 0. The molecule has 0 amide bonds. The molecule has 1 heterocycles. The second-order valence-corrected chi connectivity index (χ2v) is 1.26. The summed E-state index contributed by atoms with van der Waals surface area (Å²) in [5.74, 6) is 0. The van der Waals surface area contributed by atoms with Crippen molar-refractivity contribution < 1.29 is 0 Å². The highest BCUT2D eigenvalue weighted by molar-refractivity contribution is 4.88. The van der Waals surface area contributed by atoms with E-state index in [2.05, 4.69) is 17.3 Å². The van der Waals surface area contributed by atoms with Gasteiger partial charge in [-0.25, -0.2) is 0 Å². The van der Waals surface area contributed by atoms with Crippen LogP contribution in [0.25, 0.3) is 0 Å². The van der Waals surface area contributed by atoms with Crippen LogP contribution in [0.5, 0.6) is 0 Å². The Kier molecular flexibility index (Phi) is 5.72. The highest BCUT2D eigenvalue weighted by Gasteiger charge is 1.58. The van der Waals surface area contributed by atoms with E-state index in [1.54, 1.807) is 12.4 Å². The SMILES string of the molecule is C=CN.c1ccncc1. The second-order valence-electron chi connectivity index (χ2n) is 1.26. The third-order valence-corrected chi connectivity index (χ3v) is 0.566. The molecule has 0 aromatic carbocycles. The molecule has 2 nitrogen and oxygen atoms in total. The first-order valence-corrected chi connectivity index (χ1v) is 2.59. The maximum atomic E-state index is 4.61. The lowest BCUT2D eigenvalue weighted by atomic mass is 10.5. The number of aromatic nitrogens is 1. The van der Waals surface area contributed by atoms with Gasteiger partial charge in [-0.15, -0.1) is 0 Å². The minimum atomic E-state index is 1.25. The highest BCUT2D eigenvalue weighted by atomic mass is 14.6. The summed E-state index contributed by atoms with van der Waals surface area (Å²) < 4.78 is 0. The van der Waals surface area contributed by atoms with Gasteiger partial charge in [0.05, 0.1) is 0 Å². The van der Waals surface area contributed by atoms with E-state index >= 15 is 0 Å². The van der Waals surface area contributed by atoms with E-state index in [4.69, 9.17) is 0 Å². The van der Waals surface area contributed by atoms with Crippen LogP contribution in [0.3, 0.4) is 0 Å². The Morgan fingerprint density at radius 1 is 1.22 bits per heavy atom. The third kappa shape index (κ3) is 6.69. The lowest BCUT2D eigenvalue weighted by Crippen LogP contribution is -1.67. The third-order valence-electron chi connectivity index (χ3n) is 0.566. The van der Waals surface area contributed by atoms with Crippen molar-refractivity contribution in [2.75, 3.05) is 0 Å². The molecular weight excluding hydrogens is 112 g/mol. The number of rotatable bonds is 0. The van der Waals surface area contributed by atoms with Crippen molar-refractivity contribution in [1.82, 2.24) is 4.98 Å². The molecule has 1 rings (SSSR count). The fourth-order valence-electron chi connectivity index (χ4n) is 0.313. The summed E-state index contributed by atoms with van der Waals surface area (Å²) in [4.78, 5) is 3.78. The normalized spacial score (nSPS) is 6.67. The first kappa shape index (κ1) is 7.69. The molecule has 0 saturated heterocycles. The molecule has 0 saturated carbocycles. The van der Waals surface area contributed by atoms with Crippen molar-refractivity contribution in [3.8, 4) is 0 Å². The zero-order chi connectivity index (χ0) is 6.95. The van der Waals surface area contributed by atoms with E-state index in [0.29, 0.717) is 0 Å². The number of hydrogen-bond acceptors (Lipinski definition) is 2. The molecule has 1 aromatic heterocycles. The quantitative estimate of drug-likeness (QED) is 0.561. The molecular formula is C7H10N2. The van der Waals surface area contributed by atoms with E-state index in [0.717, 1.165) is 0 Å². The van der Waals surface area contributed by atoms with Gasteiger partial charge in [0.15, 0.2) is 0 Å². The number of nitrogens with zero attached hydrogens (tertiary/aromatic N) is 1. The van der Waals surface area contributed by atoms with Crippen LogP contribution in [-0.2, 0) is 0 Å². The van der Waals surface area contributed by atoms with E-state index in [-0.39, 0.29) is 0 Å². The minimum Gasteiger partial charge on any atom is -0.405 e. The average molecular weight is 122 g/mol. The Labute approximate surface area is 55.0 Å². The van der Waals surface area contributed by atoms with Crippen molar-refractivity contribution in [3.63, 3.8) is 0 Å². The van der Waals surface area contributed by atoms with Gasteiger partial charge in [0.25, 0.3) is 0 Å². The van der Waals surface area contributed by atoms with Crippen molar-refractivity contribution in [2.24, 2.45) is 5.73 Å². The molecule has 0 bridgehead atoms. The van der Waals surface area contributed by atoms with E-state index < -0.39 is 0 Å². The summed E-state index contributed by atoms with van der Waals surface area (Å²) >= 11 is 0. The molecule has 9 heavy (non-hydrogen) atoms. The second kappa shape index (κ2) is 6.69. The first-order chi connectivity index (χ1) is 4.41. The average Bonchev–Trinajstić information content (AvgIpc) is 1.93. The highest BCUT2D eigenvalue weighted by Crippen LogP contribution is 1.73. The molecule has 0 fully saturated rings. The van der Waals surface area contributed by atoms with Gasteiger partial charge in [0, 0.05) is 12.4 Å². The largest absolute Gasteiger partial charge is 0.405 e. The topological polar surface area (TPSA) is 38.9 Å². The molecule has 0 aliphatic heterocycles. The zero-order valence-electron chi connectivity index (χ0n) is 5.20. The molecule has 2 heteroatoms. The van der Waals surface area contributed by atoms with E-state index in [1.165, 1.54) is 6.20 Å². The van der Waals surface area contributed by atoms with Gasteiger partial charge in [0.1, 0.15) is 0 Å². The number of pyridine rings is 1.